The Hall–Kier alpha value is 0.01000. The maximum absolute atomic E-state index is 3.91. The predicted molar refractivity (Wildman–Crippen MR) is 83.9 cm³/mol. The molecule has 5 atom stereocenters. The largest absolute Gasteiger partial charge is 0.310 e. The van der Waals surface area contributed by atoms with Gasteiger partial charge in [0.05, 0.1) is 4.21 Å². The van der Waals surface area contributed by atoms with Crippen LogP contribution in [0.15, 0.2) is 15.7 Å². The zero-order valence-corrected chi connectivity index (χ0v) is 13.2. The van der Waals surface area contributed by atoms with Crippen LogP contribution in [0.25, 0.3) is 0 Å². The van der Waals surface area contributed by atoms with Gasteiger partial charge in [0.1, 0.15) is 0 Å². The van der Waals surface area contributed by atoms with Gasteiger partial charge < -0.3 is 5.32 Å². The number of hydrogen-bond acceptors (Lipinski definition) is 3. The van der Waals surface area contributed by atoms with E-state index in [4.69, 9.17) is 0 Å². The van der Waals surface area contributed by atoms with Crippen molar-refractivity contribution in [3.05, 3.63) is 17.0 Å². The molecule has 4 unspecified atom stereocenters. The van der Waals surface area contributed by atoms with E-state index in [9.17, 15) is 0 Å². The first kappa shape index (κ1) is 12.7. The number of fused-ring (bicyclic) bond motifs is 3. The molecule has 0 saturated heterocycles. The first-order valence-corrected chi connectivity index (χ1v) is 9.53. The summed E-state index contributed by atoms with van der Waals surface area (Å²) in [5.41, 5.74) is 1.58. The number of hydrogen-bond donors (Lipinski definition) is 1. The van der Waals surface area contributed by atoms with E-state index in [-0.39, 0.29) is 0 Å². The van der Waals surface area contributed by atoms with Gasteiger partial charge in [-0.15, -0.1) is 23.1 Å². The Bertz CT molecular complexity index is 455. The van der Waals surface area contributed by atoms with Crippen molar-refractivity contribution < 1.29 is 0 Å². The molecule has 104 valence electrons. The molecule has 4 rings (SSSR count). The zero-order chi connectivity index (χ0) is 12.8. The minimum absolute atomic E-state index is 0.622. The predicted octanol–water partition coefficient (Wildman–Crippen LogP) is 4.70. The van der Waals surface area contributed by atoms with E-state index in [0.717, 1.165) is 23.0 Å². The third-order valence-corrected chi connectivity index (χ3v) is 7.76. The van der Waals surface area contributed by atoms with Crippen LogP contribution in [-0.2, 0) is 0 Å². The maximum atomic E-state index is 3.91. The molecule has 2 saturated carbocycles. The molecule has 2 bridgehead atoms. The molecule has 0 aromatic carbocycles. The zero-order valence-electron chi connectivity index (χ0n) is 11.6. The second-order valence-corrected chi connectivity index (χ2v) is 9.35. The van der Waals surface area contributed by atoms with Crippen LogP contribution in [0.2, 0.25) is 0 Å². The quantitative estimate of drug-likeness (QED) is 0.867. The topological polar surface area (TPSA) is 12.0 Å². The first-order chi connectivity index (χ1) is 9.29. The number of rotatable bonds is 3. The summed E-state index contributed by atoms with van der Waals surface area (Å²) in [6, 6.07) is 2.97. The Morgan fingerprint density at radius 2 is 2.21 bits per heavy atom. The van der Waals surface area contributed by atoms with E-state index in [1.165, 1.54) is 38.6 Å². The highest BCUT2D eigenvalue weighted by atomic mass is 32.2. The van der Waals surface area contributed by atoms with Gasteiger partial charge in [0.25, 0.3) is 0 Å². The molecule has 0 amide bonds. The summed E-state index contributed by atoms with van der Waals surface area (Å²) in [6.07, 6.45) is 7.37. The Kier molecular flexibility index (Phi) is 3.41. The Balaban J connectivity index is 1.41. The van der Waals surface area contributed by atoms with Crippen LogP contribution >= 0.6 is 23.1 Å². The highest BCUT2D eigenvalue weighted by Gasteiger charge is 2.39. The second-order valence-electron chi connectivity index (χ2n) is 6.72. The van der Waals surface area contributed by atoms with E-state index in [2.05, 4.69) is 35.4 Å². The van der Waals surface area contributed by atoms with Crippen LogP contribution in [0.4, 0.5) is 0 Å². The lowest BCUT2D eigenvalue weighted by Crippen LogP contribution is -2.32. The van der Waals surface area contributed by atoms with Crippen LogP contribution in [-0.4, -0.2) is 11.8 Å². The average molecular weight is 294 g/mol. The van der Waals surface area contributed by atoms with Gasteiger partial charge >= 0.3 is 0 Å². The molecule has 2 heterocycles. The van der Waals surface area contributed by atoms with E-state index < -0.39 is 0 Å². The van der Waals surface area contributed by atoms with Gasteiger partial charge in [0, 0.05) is 11.3 Å². The molecule has 19 heavy (non-hydrogen) atoms. The van der Waals surface area contributed by atoms with Gasteiger partial charge in [-0.25, -0.2) is 0 Å². The molecular formula is C16H23NS2. The third kappa shape index (κ3) is 2.38. The van der Waals surface area contributed by atoms with Crippen LogP contribution in [0.5, 0.6) is 0 Å². The average Bonchev–Trinajstić information content (AvgIpc) is 3.10. The van der Waals surface area contributed by atoms with Gasteiger partial charge in [-0.3, -0.25) is 0 Å². The van der Waals surface area contributed by atoms with Gasteiger partial charge in [0.15, 0.2) is 0 Å². The smallest absolute Gasteiger partial charge is 0.0649 e. The molecule has 3 aliphatic rings. The summed E-state index contributed by atoms with van der Waals surface area (Å²) in [6.45, 7) is 3.64. The normalized spacial score (nSPS) is 40.6. The number of thiophene rings is 1. The second kappa shape index (κ2) is 5.09. The van der Waals surface area contributed by atoms with E-state index in [1.54, 1.807) is 9.77 Å². The van der Waals surface area contributed by atoms with Crippen molar-refractivity contribution in [2.75, 3.05) is 6.54 Å². The fourth-order valence-electron chi connectivity index (χ4n) is 4.46. The lowest BCUT2D eigenvalue weighted by molar-refractivity contribution is 0.302. The highest BCUT2D eigenvalue weighted by Crippen LogP contribution is 2.49. The minimum Gasteiger partial charge on any atom is -0.310 e. The van der Waals surface area contributed by atoms with Gasteiger partial charge in [0.2, 0.25) is 0 Å². The summed E-state index contributed by atoms with van der Waals surface area (Å²) < 4.78 is 1.56. The molecular weight excluding hydrogens is 270 g/mol. The number of nitrogens with one attached hydrogen (secondary N) is 1. The molecule has 1 aromatic rings. The lowest BCUT2D eigenvalue weighted by Gasteiger charge is -2.30. The summed E-state index contributed by atoms with van der Waals surface area (Å²) >= 11 is 4.00. The van der Waals surface area contributed by atoms with Crippen molar-refractivity contribution >= 4 is 23.1 Å². The SMILES string of the molecule is C[C@H]1CC(NCC2CC3CCC2C3)c2ccsc2S1. The molecule has 0 radical (unpaired) electrons. The van der Waals surface area contributed by atoms with Crippen molar-refractivity contribution in [3.8, 4) is 0 Å². The fraction of sp³-hybridized carbons (Fsp3) is 0.750. The van der Waals surface area contributed by atoms with Crippen molar-refractivity contribution in [1.29, 1.82) is 0 Å². The number of thioether (sulfide) groups is 1. The van der Waals surface area contributed by atoms with Crippen molar-refractivity contribution in [1.82, 2.24) is 5.32 Å². The molecule has 1 nitrogen and oxygen atoms in total. The molecule has 2 aliphatic carbocycles. The third-order valence-electron chi connectivity index (χ3n) is 5.42. The van der Waals surface area contributed by atoms with Crippen LogP contribution < -0.4 is 5.32 Å². The highest BCUT2D eigenvalue weighted by molar-refractivity contribution is 8.01. The van der Waals surface area contributed by atoms with Gasteiger partial charge in [-0.1, -0.05) is 13.3 Å². The lowest BCUT2D eigenvalue weighted by atomic mass is 9.88. The molecule has 1 N–H and O–H groups in total. The molecule has 2 fully saturated rings. The van der Waals surface area contributed by atoms with Crippen LogP contribution in [0.1, 0.15) is 50.6 Å². The molecule has 0 spiro atoms. The summed E-state index contributed by atoms with van der Waals surface area (Å²) in [5.74, 6) is 3.11. The van der Waals surface area contributed by atoms with Crippen molar-refractivity contribution in [2.24, 2.45) is 17.8 Å². The summed E-state index contributed by atoms with van der Waals surface area (Å²) in [7, 11) is 0. The van der Waals surface area contributed by atoms with Crippen LogP contribution in [0, 0.1) is 17.8 Å². The van der Waals surface area contributed by atoms with Gasteiger partial charge in [-0.2, -0.15) is 0 Å². The Labute approximate surface area is 124 Å². The van der Waals surface area contributed by atoms with E-state index in [0.29, 0.717) is 6.04 Å². The molecule has 3 heteroatoms. The van der Waals surface area contributed by atoms with Crippen molar-refractivity contribution in [3.63, 3.8) is 0 Å². The summed E-state index contributed by atoms with van der Waals surface area (Å²) in [4.78, 5) is 0. The monoisotopic (exact) mass is 293 g/mol. The van der Waals surface area contributed by atoms with Crippen molar-refractivity contribution in [2.45, 2.75) is 54.5 Å². The molecule has 1 aliphatic heterocycles. The van der Waals surface area contributed by atoms with Gasteiger partial charge in [-0.05, 0) is 67.0 Å². The molecule has 1 aromatic heterocycles. The maximum Gasteiger partial charge on any atom is 0.0649 e. The minimum atomic E-state index is 0.622. The fourth-order valence-corrected chi connectivity index (χ4v) is 7.03. The van der Waals surface area contributed by atoms with E-state index in [1.807, 2.05) is 11.3 Å². The Morgan fingerprint density at radius 1 is 1.26 bits per heavy atom. The summed E-state index contributed by atoms with van der Waals surface area (Å²) in [5, 5.41) is 6.95. The van der Waals surface area contributed by atoms with E-state index >= 15 is 0 Å². The standard InChI is InChI=1S/C16H23NS2/c1-10-6-15(14-4-5-18-16(14)19-10)17-9-13-8-11-2-3-12(13)7-11/h4-5,10-13,15,17H,2-3,6-9H2,1H3/t10-,11?,12?,13?,15?/m0/s1. The Morgan fingerprint density at radius 3 is 3.00 bits per heavy atom. The van der Waals surface area contributed by atoms with Crippen LogP contribution in [0.3, 0.4) is 0 Å². The first-order valence-electron chi connectivity index (χ1n) is 7.77.